The van der Waals surface area contributed by atoms with Crippen LogP contribution in [0.15, 0.2) is 42.5 Å². The first-order valence-electron chi connectivity index (χ1n) is 6.09. The summed E-state index contributed by atoms with van der Waals surface area (Å²) in [7, 11) is 0. The monoisotopic (exact) mass is 290 g/mol. The van der Waals surface area contributed by atoms with Crippen LogP contribution in [0, 0.1) is 6.92 Å². The summed E-state index contributed by atoms with van der Waals surface area (Å²) in [5.41, 5.74) is 7.71. The summed E-state index contributed by atoms with van der Waals surface area (Å²) < 4.78 is 5.38. The molecule has 0 saturated carbocycles. The quantitative estimate of drug-likeness (QED) is 0.850. The summed E-state index contributed by atoms with van der Waals surface area (Å²) >= 11 is 5.97. The van der Waals surface area contributed by atoms with E-state index in [1.54, 1.807) is 18.2 Å². The van der Waals surface area contributed by atoms with Gasteiger partial charge in [-0.3, -0.25) is 4.79 Å². The van der Waals surface area contributed by atoms with Crippen molar-refractivity contribution in [3.05, 3.63) is 53.1 Å². The molecule has 0 spiro atoms. The molecule has 0 bridgehead atoms. The fraction of sp³-hybridized carbons (Fsp3) is 0.133. The Morgan fingerprint density at radius 3 is 2.60 bits per heavy atom. The maximum atomic E-state index is 11.8. The molecule has 104 valence electrons. The normalized spacial score (nSPS) is 10.1. The van der Waals surface area contributed by atoms with Gasteiger partial charge in [0.05, 0.1) is 16.4 Å². The van der Waals surface area contributed by atoms with Gasteiger partial charge in [0.1, 0.15) is 5.75 Å². The molecule has 0 atom stereocenters. The number of nitrogen functional groups attached to an aromatic ring is 1. The van der Waals surface area contributed by atoms with Gasteiger partial charge in [0.25, 0.3) is 5.91 Å². The van der Waals surface area contributed by atoms with Crippen molar-refractivity contribution in [2.75, 3.05) is 17.7 Å². The van der Waals surface area contributed by atoms with E-state index in [4.69, 9.17) is 22.1 Å². The number of carbonyl (C=O) groups is 1. The lowest BCUT2D eigenvalue weighted by molar-refractivity contribution is -0.118. The topological polar surface area (TPSA) is 64.3 Å². The third-order valence-electron chi connectivity index (χ3n) is 2.70. The third kappa shape index (κ3) is 3.65. The van der Waals surface area contributed by atoms with E-state index in [1.165, 1.54) is 0 Å². The van der Waals surface area contributed by atoms with Crippen LogP contribution in [-0.2, 0) is 4.79 Å². The summed E-state index contributed by atoms with van der Waals surface area (Å²) in [5.74, 6) is 0.322. The number of nitrogens with two attached hydrogens (primary N) is 1. The number of ether oxygens (including phenoxy) is 1. The van der Waals surface area contributed by atoms with Gasteiger partial charge in [-0.1, -0.05) is 35.4 Å². The van der Waals surface area contributed by atoms with Gasteiger partial charge in [0.15, 0.2) is 6.61 Å². The second-order valence-corrected chi connectivity index (χ2v) is 4.76. The second-order valence-electron chi connectivity index (χ2n) is 4.35. The molecule has 0 aliphatic carbocycles. The van der Waals surface area contributed by atoms with Gasteiger partial charge in [-0.05, 0) is 31.2 Å². The number of para-hydroxylation sites is 1. The molecule has 0 saturated heterocycles. The first kappa shape index (κ1) is 14.2. The maximum Gasteiger partial charge on any atom is 0.262 e. The van der Waals surface area contributed by atoms with Crippen molar-refractivity contribution in [3.8, 4) is 5.75 Å². The van der Waals surface area contributed by atoms with Crippen LogP contribution in [0.1, 0.15) is 5.56 Å². The number of anilines is 2. The van der Waals surface area contributed by atoms with Crippen molar-refractivity contribution < 1.29 is 9.53 Å². The Balaban J connectivity index is 1.94. The van der Waals surface area contributed by atoms with Gasteiger partial charge < -0.3 is 15.8 Å². The molecule has 3 N–H and O–H groups in total. The number of nitrogens with one attached hydrogen (secondary N) is 1. The average molecular weight is 291 g/mol. The Labute approximate surface area is 122 Å². The van der Waals surface area contributed by atoms with E-state index >= 15 is 0 Å². The highest BCUT2D eigenvalue weighted by Gasteiger charge is 2.09. The number of carbonyl (C=O) groups excluding carboxylic acids is 1. The number of benzene rings is 2. The van der Waals surface area contributed by atoms with Crippen molar-refractivity contribution in [2.24, 2.45) is 0 Å². The molecule has 2 aromatic carbocycles. The molecule has 1 amide bonds. The Morgan fingerprint density at radius 1 is 1.25 bits per heavy atom. The average Bonchev–Trinajstić information content (AvgIpc) is 2.42. The van der Waals surface area contributed by atoms with Crippen LogP contribution in [0.2, 0.25) is 5.02 Å². The molecular weight excluding hydrogens is 276 g/mol. The molecule has 0 aliphatic rings. The van der Waals surface area contributed by atoms with Crippen LogP contribution in [0.5, 0.6) is 5.75 Å². The van der Waals surface area contributed by atoms with Gasteiger partial charge in [-0.2, -0.15) is 0 Å². The molecule has 0 aliphatic heterocycles. The van der Waals surface area contributed by atoms with Crippen molar-refractivity contribution in [1.82, 2.24) is 0 Å². The van der Waals surface area contributed by atoms with Gasteiger partial charge in [-0.15, -0.1) is 0 Å². The predicted octanol–water partition coefficient (Wildman–Crippen LogP) is 3.25. The Hall–Kier alpha value is -2.20. The lowest BCUT2D eigenvalue weighted by atomic mass is 10.2. The van der Waals surface area contributed by atoms with Crippen molar-refractivity contribution in [1.29, 1.82) is 0 Å². The molecule has 5 heteroatoms. The molecule has 20 heavy (non-hydrogen) atoms. The molecule has 0 aromatic heterocycles. The minimum absolute atomic E-state index is 0.103. The van der Waals surface area contributed by atoms with E-state index in [1.807, 2.05) is 31.2 Å². The zero-order valence-corrected chi connectivity index (χ0v) is 11.8. The minimum atomic E-state index is -0.314. The smallest absolute Gasteiger partial charge is 0.262 e. The standard InChI is InChI=1S/C15H15ClN2O2/c1-10-5-7-11(8-6-10)20-9-14(19)18-15-12(16)3-2-4-13(15)17/h2-8H,9,17H2,1H3,(H,18,19). The number of hydrogen-bond donors (Lipinski definition) is 2. The fourth-order valence-electron chi connectivity index (χ4n) is 1.63. The van der Waals surface area contributed by atoms with Gasteiger partial charge in [0.2, 0.25) is 0 Å². The van der Waals surface area contributed by atoms with Crippen LogP contribution in [-0.4, -0.2) is 12.5 Å². The summed E-state index contributed by atoms with van der Waals surface area (Å²) in [5, 5.41) is 3.04. The zero-order chi connectivity index (χ0) is 14.5. The number of halogens is 1. The number of aryl methyl sites for hydroxylation is 1. The molecule has 0 radical (unpaired) electrons. The highest BCUT2D eigenvalue weighted by Crippen LogP contribution is 2.27. The van der Waals surface area contributed by atoms with Gasteiger partial charge in [-0.25, -0.2) is 0 Å². The van der Waals surface area contributed by atoms with Gasteiger partial charge >= 0.3 is 0 Å². The highest BCUT2D eigenvalue weighted by atomic mass is 35.5. The summed E-state index contributed by atoms with van der Waals surface area (Å²) in [6.45, 7) is 1.88. The highest BCUT2D eigenvalue weighted by molar-refractivity contribution is 6.34. The molecule has 2 aromatic rings. The van der Waals surface area contributed by atoms with E-state index in [2.05, 4.69) is 5.32 Å². The van der Waals surface area contributed by atoms with E-state index < -0.39 is 0 Å². The molecule has 0 unspecified atom stereocenters. The molecule has 0 heterocycles. The third-order valence-corrected chi connectivity index (χ3v) is 3.02. The van der Waals surface area contributed by atoms with Crippen LogP contribution < -0.4 is 15.8 Å². The zero-order valence-electron chi connectivity index (χ0n) is 11.0. The Kier molecular flexibility index (Phi) is 4.48. The largest absolute Gasteiger partial charge is 0.484 e. The number of rotatable bonds is 4. The lowest BCUT2D eigenvalue weighted by Gasteiger charge is -2.10. The van der Waals surface area contributed by atoms with E-state index in [9.17, 15) is 4.79 Å². The van der Waals surface area contributed by atoms with Crippen LogP contribution in [0.3, 0.4) is 0 Å². The van der Waals surface area contributed by atoms with Crippen LogP contribution in [0.25, 0.3) is 0 Å². The Morgan fingerprint density at radius 2 is 1.95 bits per heavy atom. The van der Waals surface area contributed by atoms with Crippen molar-refractivity contribution >= 4 is 28.9 Å². The lowest BCUT2D eigenvalue weighted by Crippen LogP contribution is -2.21. The number of hydrogen-bond acceptors (Lipinski definition) is 3. The first-order chi connectivity index (χ1) is 9.56. The minimum Gasteiger partial charge on any atom is -0.484 e. The molecule has 0 fully saturated rings. The predicted molar refractivity (Wildman–Crippen MR) is 81.2 cm³/mol. The first-order valence-corrected chi connectivity index (χ1v) is 6.47. The Bertz CT molecular complexity index is 592. The van der Waals surface area contributed by atoms with E-state index in [0.29, 0.717) is 22.1 Å². The van der Waals surface area contributed by atoms with Crippen molar-refractivity contribution in [3.63, 3.8) is 0 Å². The SMILES string of the molecule is Cc1ccc(OCC(=O)Nc2c(N)cccc2Cl)cc1. The molecule has 4 nitrogen and oxygen atoms in total. The van der Waals surface area contributed by atoms with Gasteiger partial charge in [0, 0.05) is 0 Å². The maximum absolute atomic E-state index is 11.8. The van der Waals surface area contributed by atoms with E-state index in [0.717, 1.165) is 5.56 Å². The molecular formula is C15H15ClN2O2. The van der Waals surface area contributed by atoms with E-state index in [-0.39, 0.29) is 12.5 Å². The second kappa shape index (κ2) is 6.30. The summed E-state index contributed by atoms with van der Waals surface area (Å²) in [6.07, 6.45) is 0. The number of amides is 1. The summed E-state index contributed by atoms with van der Waals surface area (Å²) in [6, 6.07) is 12.5. The summed E-state index contributed by atoms with van der Waals surface area (Å²) in [4.78, 5) is 11.8. The van der Waals surface area contributed by atoms with Crippen LogP contribution in [0.4, 0.5) is 11.4 Å². The molecule has 2 rings (SSSR count). The fourth-order valence-corrected chi connectivity index (χ4v) is 1.86. The van der Waals surface area contributed by atoms with Crippen molar-refractivity contribution in [2.45, 2.75) is 6.92 Å². The van der Waals surface area contributed by atoms with Crippen LogP contribution >= 0.6 is 11.6 Å².